The van der Waals surface area contributed by atoms with E-state index >= 15 is 0 Å². The summed E-state index contributed by atoms with van der Waals surface area (Å²) in [6, 6.07) is 4.51. The summed E-state index contributed by atoms with van der Waals surface area (Å²) in [6.07, 6.45) is -5.74. The lowest BCUT2D eigenvalue weighted by Crippen LogP contribution is -2.61. The number of aliphatic carboxylic acids is 1. The van der Waals surface area contributed by atoms with Crippen molar-refractivity contribution in [3.8, 4) is 5.75 Å². The number of aliphatic hydroxyl groups excluding tert-OH is 6. The van der Waals surface area contributed by atoms with E-state index in [1.54, 1.807) is 6.07 Å². The fourth-order valence-corrected chi connectivity index (χ4v) is 3.65. The van der Waals surface area contributed by atoms with Crippen LogP contribution in [-0.2, 0) is 20.9 Å². The lowest BCUT2D eigenvalue weighted by molar-refractivity contribution is -0.271. The van der Waals surface area contributed by atoms with Gasteiger partial charge in [-0.1, -0.05) is 18.9 Å². The van der Waals surface area contributed by atoms with Gasteiger partial charge < -0.3 is 55.3 Å². The molecule has 35 heavy (non-hydrogen) atoms. The summed E-state index contributed by atoms with van der Waals surface area (Å²) in [5.41, 5.74) is 0.771. The van der Waals surface area contributed by atoms with Crippen LogP contribution < -0.4 is 10.1 Å². The highest BCUT2D eigenvalue weighted by molar-refractivity contribution is 5.73. The van der Waals surface area contributed by atoms with Gasteiger partial charge in [-0.3, -0.25) is 0 Å². The molecule has 0 spiro atoms. The van der Waals surface area contributed by atoms with Gasteiger partial charge in [0.05, 0.1) is 25.9 Å². The Labute approximate surface area is 203 Å². The maximum absolute atomic E-state index is 11.2. The van der Waals surface area contributed by atoms with Crippen LogP contribution in [0.5, 0.6) is 5.75 Å². The first-order valence-electron chi connectivity index (χ1n) is 11.7. The van der Waals surface area contributed by atoms with E-state index < -0.39 is 49.4 Å². The number of nitrogens with one attached hydrogen (secondary N) is 1. The topological polar surface area (TPSA) is 198 Å². The number of hydrogen-bond donors (Lipinski definition) is 8. The summed E-state index contributed by atoms with van der Waals surface area (Å²) in [7, 11) is 0. The maximum Gasteiger partial charge on any atom is 0.335 e. The molecule has 8 N–H and O–H groups in total. The van der Waals surface area contributed by atoms with Gasteiger partial charge in [0.1, 0.15) is 24.1 Å². The molecule has 1 heterocycles. The van der Waals surface area contributed by atoms with E-state index in [1.165, 1.54) is 12.1 Å². The molecule has 12 nitrogen and oxygen atoms in total. The minimum atomic E-state index is -1.84. The Kier molecular flexibility index (Phi) is 12.8. The van der Waals surface area contributed by atoms with E-state index in [4.69, 9.17) is 24.4 Å². The largest absolute Gasteiger partial charge is 0.479 e. The third-order valence-electron chi connectivity index (χ3n) is 5.66. The average molecular weight is 504 g/mol. The van der Waals surface area contributed by atoms with Crippen LogP contribution in [-0.4, -0.2) is 105 Å². The fraction of sp³-hybridized carbons (Fsp3) is 0.696. The highest BCUT2D eigenvalue weighted by atomic mass is 16.7. The van der Waals surface area contributed by atoms with Gasteiger partial charge in [0.25, 0.3) is 0 Å². The number of rotatable bonds is 16. The molecule has 2 rings (SSSR count). The molecule has 1 saturated heterocycles. The van der Waals surface area contributed by atoms with Gasteiger partial charge in [-0.15, -0.1) is 0 Å². The van der Waals surface area contributed by atoms with Crippen LogP contribution in [0.15, 0.2) is 18.2 Å². The normalized spacial score (nSPS) is 25.4. The molecule has 1 fully saturated rings. The van der Waals surface area contributed by atoms with Crippen molar-refractivity contribution in [1.29, 1.82) is 0 Å². The van der Waals surface area contributed by atoms with Gasteiger partial charge in [0.2, 0.25) is 6.29 Å². The Morgan fingerprint density at radius 2 is 1.77 bits per heavy atom. The Morgan fingerprint density at radius 1 is 1.03 bits per heavy atom. The Morgan fingerprint density at radius 3 is 2.46 bits per heavy atom. The number of carboxylic acids is 1. The standard InChI is InChI=1S/C23H37NO11/c25-8-10-33-9-4-2-1-3-7-24-12-16(27)14-5-6-17(15(11-14)13-26)34-23-20(30)18(28)19(29)21(35-23)22(31)32/h5-6,11,16,18-21,23-30H,1-4,7-10,12-13H2,(H,31,32)/t16-,18-,19-,20+,21-,23+/m0/s1. The fourth-order valence-electron chi connectivity index (χ4n) is 3.65. The molecule has 0 bridgehead atoms. The van der Waals surface area contributed by atoms with Crippen LogP contribution in [0.2, 0.25) is 0 Å². The molecule has 1 aliphatic heterocycles. The van der Waals surface area contributed by atoms with Crippen LogP contribution >= 0.6 is 0 Å². The van der Waals surface area contributed by atoms with E-state index in [1.807, 2.05) is 0 Å². The molecule has 0 amide bonds. The Hall–Kier alpha value is -1.87. The monoisotopic (exact) mass is 503 g/mol. The quantitative estimate of drug-likeness (QED) is 0.124. The Bertz CT molecular complexity index is 765. The predicted molar refractivity (Wildman–Crippen MR) is 122 cm³/mol. The van der Waals surface area contributed by atoms with Crippen molar-refractivity contribution < 1.29 is 54.8 Å². The molecule has 0 saturated carbocycles. The first-order chi connectivity index (χ1) is 16.8. The Balaban J connectivity index is 1.84. The lowest BCUT2D eigenvalue weighted by atomic mass is 9.99. The molecule has 1 aromatic carbocycles. The molecule has 0 unspecified atom stereocenters. The van der Waals surface area contributed by atoms with Crippen molar-refractivity contribution in [1.82, 2.24) is 5.32 Å². The van der Waals surface area contributed by atoms with E-state index in [-0.39, 0.29) is 17.9 Å². The number of carboxylic acid groups (broad SMARTS) is 1. The van der Waals surface area contributed by atoms with Gasteiger partial charge in [0, 0.05) is 18.7 Å². The molecule has 12 heteroatoms. The van der Waals surface area contributed by atoms with Crippen molar-refractivity contribution in [2.45, 2.75) is 69.1 Å². The maximum atomic E-state index is 11.2. The SMILES string of the molecule is O=C(O)[C@H]1O[C@@H](Oc2ccc([C@@H](O)CNCCCCCCOCCO)cc2CO)[C@H](O)[C@@H](O)[C@@H]1O. The number of ether oxygens (including phenoxy) is 3. The second-order valence-corrected chi connectivity index (χ2v) is 8.35. The van der Waals surface area contributed by atoms with Gasteiger partial charge in [0.15, 0.2) is 6.10 Å². The minimum absolute atomic E-state index is 0.0300. The first-order valence-corrected chi connectivity index (χ1v) is 11.7. The smallest absolute Gasteiger partial charge is 0.335 e. The van der Waals surface area contributed by atoms with E-state index in [0.717, 1.165) is 32.2 Å². The van der Waals surface area contributed by atoms with Crippen molar-refractivity contribution in [3.63, 3.8) is 0 Å². The van der Waals surface area contributed by atoms with Crippen LogP contribution in [0.1, 0.15) is 42.9 Å². The molecule has 200 valence electrons. The van der Waals surface area contributed by atoms with Crippen LogP contribution in [0.3, 0.4) is 0 Å². The molecule has 0 radical (unpaired) electrons. The molecular weight excluding hydrogens is 466 g/mol. The van der Waals surface area contributed by atoms with Crippen LogP contribution in [0.25, 0.3) is 0 Å². The molecule has 1 aromatic rings. The van der Waals surface area contributed by atoms with Crippen molar-refractivity contribution >= 4 is 5.97 Å². The summed E-state index contributed by atoms with van der Waals surface area (Å²) in [4.78, 5) is 11.2. The molecule has 1 aliphatic rings. The van der Waals surface area contributed by atoms with Gasteiger partial charge >= 0.3 is 5.97 Å². The third kappa shape index (κ3) is 8.94. The zero-order chi connectivity index (χ0) is 25.8. The molecule has 0 aromatic heterocycles. The van der Waals surface area contributed by atoms with Crippen molar-refractivity contribution in [3.05, 3.63) is 29.3 Å². The number of carbonyl (C=O) groups is 1. The summed E-state index contributed by atoms with van der Waals surface area (Å²) < 4.78 is 15.8. The van der Waals surface area contributed by atoms with Gasteiger partial charge in [-0.05, 0) is 37.1 Å². The van der Waals surface area contributed by atoms with Crippen LogP contribution in [0.4, 0.5) is 0 Å². The lowest BCUT2D eigenvalue weighted by Gasteiger charge is -2.38. The summed E-state index contributed by atoms with van der Waals surface area (Å²) >= 11 is 0. The molecule has 0 aliphatic carbocycles. The predicted octanol–water partition coefficient (Wildman–Crippen LogP) is -1.36. The number of hydrogen-bond acceptors (Lipinski definition) is 11. The molecule has 6 atom stereocenters. The summed E-state index contributed by atoms with van der Waals surface area (Å²) in [6.45, 7) is 1.56. The van der Waals surface area contributed by atoms with E-state index in [0.29, 0.717) is 25.3 Å². The number of unbranched alkanes of at least 4 members (excludes halogenated alkanes) is 3. The summed E-state index contributed by atoms with van der Waals surface area (Å²) in [5, 5.41) is 71.0. The van der Waals surface area contributed by atoms with Gasteiger partial charge in [-0.25, -0.2) is 4.79 Å². The number of aliphatic hydroxyl groups is 6. The highest BCUT2D eigenvalue weighted by Crippen LogP contribution is 2.29. The van der Waals surface area contributed by atoms with E-state index in [2.05, 4.69) is 5.32 Å². The first kappa shape index (κ1) is 29.4. The van der Waals surface area contributed by atoms with Gasteiger partial charge in [-0.2, -0.15) is 0 Å². The third-order valence-corrected chi connectivity index (χ3v) is 5.66. The van der Waals surface area contributed by atoms with Crippen LogP contribution in [0, 0.1) is 0 Å². The highest BCUT2D eigenvalue weighted by Gasteiger charge is 2.48. The molecular formula is C23H37NO11. The van der Waals surface area contributed by atoms with Crippen molar-refractivity contribution in [2.24, 2.45) is 0 Å². The number of benzene rings is 1. The summed E-state index contributed by atoms with van der Waals surface area (Å²) in [5.74, 6) is -1.46. The zero-order valence-electron chi connectivity index (χ0n) is 19.5. The zero-order valence-corrected chi connectivity index (χ0v) is 19.5. The van der Waals surface area contributed by atoms with Crippen molar-refractivity contribution in [2.75, 3.05) is 32.9 Å². The second-order valence-electron chi connectivity index (χ2n) is 8.35. The average Bonchev–Trinajstić information content (AvgIpc) is 2.85. The van der Waals surface area contributed by atoms with E-state index in [9.17, 15) is 30.3 Å². The second kappa shape index (κ2) is 15.3. The minimum Gasteiger partial charge on any atom is -0.479 e.